The fourth-order valence-electron chi connectivity index (χ4n) is 5.63. The molecule has 9 rings (SSSR count). The van der Waals surface area contributed by atoms with E-state index in [9.17, 15) is 0 Å². The Labute approximate surface area is 335 Å². The van der Waals surface area contributed by atoms with E-state index < -0.39 is 0 Å². The van der Waals surface area contributed by atoms with E-state index in [1.54, 1.807) is 48.5 Å². The van der Waals surface area contributed by atoms with Gasteiger partial charge in [0, 0.05) is 44.8 Å². The molecule has 0 radical (unpaired) electrons. The van der Waals surface area contributed by atoms with Crippen molar-refractivity contribution in [3.8, 4) is 45.6 Å². The number of aromatic nitrogens is 8. The number of hydrogen-bond donors (Lipinski definition) is 0. The Morgan fingerprint density at radius 3 is 0.735 bits per heavy atom. The second kappa shape index (κ2) is 12.3. The number of nitrogens with zero attached hydrogens (tertiary/aromatic N) is 8. The zero-order chi connectivity index (χ0) is 33.2. The van der Waals surface area contributed by atoms with Gasteiger partial charge in [0.05, 0.1) is 63.5 Å². The summed E-state index contributed by atoms with van der Waals surface area (Å²) in [5.41, 5.74) is 3.38. The van der Waals surface area contributed by atoms with Crippen molar-refractivity contribution in [3.05, 3.63) is 88.7 Å². The third kappa shape index (κ3) is 5.46. The molecule has 4 aromatic carbocycles. The van der Waals surface area contributed by atoms with E-state index >= 15 is 0 Å². The molecule has 0 aliphatic carbocycles. The molecule has 0 fully saturated rings. The summed E-state index contributed by atoms with van der Waals surface area (Å²) >= 11 is 51.7. The van der Waals surface area contributed by atoms with Crippen LogP contribution in [0.4, 0.5) is 0 Å². The van der Waals surface area contributed by atoms with Crippen LogP contribution in [0, 0.1) is 0 Å². The fraction of sp³-hybridized carbons (Fsp3) is 0. The molecule has 0 N–H and O–H groups in total. The van der Waals surface area contributed by atoms with Crippen LogP contribution in [0.25, 0.3) is 89.7 Å². The van der Waals surface area contributed by atoms with Crippen molar-refractivity contribution >= 4 is 137 Å². The Kier molecular flexibility index (Phi) is 8.45. The number of hydrogen-bond acceptors (Lipinski definition) is 6. The van der Waals surface area contributed by atoms with Gasteiger partial charge in [0.2, 0.25) is 0 Å². The minimum Gasteiger partial charge on any atom is -0.357 e. The molecular weight excluding hydrogens is 892 g/mol. The van der Waals surface area contributed by atoms with Crippen LogP contribution in [-0.4, -0.2) is 29.9 Å². The number of halogens is 8. The molecule has 8 bridgehead atoms. The Morgan fingerprint density at radius 2 is 0.510 bits per heavy atom. The predicted octanol–water partition coefficient (Wildman–Crippen LogP) is 11.4. The van der Waals surface area contributed by atoms with Crippen LogP contribution < -0.4 is 9.97 Å². The Hall–Kier alpha value is -2.52. The summed E-state index contributed by atoms with van der Waals surface area (Å²) < 4.78 is 0. The van der Waals surface area contributed by atoms with Crippen molar-refractivity contribution in [1.82, 2.24) is 39.9 Å². The topological polar surface area (TPSA) is 106 Å². The molecule has 0 unspecified atom stereocenters. The summed E-state index contributed by atoms with van der Waals surface area (Å²) in [4.78, 5) is 38.6. The Bertz CT molecular complexity index is 2430. The van der Waals surface area contributed by atoms with E-state index in [0.29, 0.717) is 84.0 Å². The summed E-state index contributed by atoms with van der Waals surface area (Å²) in [6.07, 6.45) is 0. The second-order valence-corrected chi connectivity index (χ2v) is 14.0. The van der Waals surface area contributed by atoms with Crippen LogP contribution in [0.1, 0.15) is 0 Å². The van der Waals surface area contributed by atoms with Crippen molar-refractivity contribution in [3.63, 3.8) is 0 Å². The molecule has 2 aliphatic heterocycles. The molecule has 2 aliphatic rings. The summed E-state index contributed by atoms with van der Waals surface area (Å²) in [6.45, 7) is 0. The molecule has 0 amide bonds. The van der Waals surface area contributed by atoms with Crippen LogP contribution in [0.5, 0.6) is 0 Å². The van der Waals surface area contributed by atoms with E-state index in [2.05, 4.69) is 0 Å². The molecule has 5 heterocycles. The average Bonchev–Trinajstić information content (AvgIpc) is 3.74. The van der Waals surface area contributed by atoms with E-state index in [0.717, 1.165) is 0 Å². The first-order chi connectivity index (χ1) is 23.0. The molecule has 234 valence electrons. The minimum absolute atomic E-state index is 0. The third-order valence-electron chi connectivity index (χ3n) is 7.86. The fourth-order valence-corrected chi connectivity index (χ4v) is 6.94. The van der Waals surface area contributed by atoms with Crippen LogP contribution in [-0.2, 0) is 27.3 Å². The molecule has 0 saturated heterocycles. The first-order valence-electron chi connectivity index (χ1n) is 13.7. The van der Waals surface area contributed by atoms with Crippen LogP contribution in [0.2, 0.25) is 40.2 Å². The monoisotopic (exact) mass is 898 g/mol. The molecule has 0 saturated carbocycles. The van der Waals surface area contributed by atoms with Crippen molar-refractivity contribution in [1.29, 1.82) is 0 Å². The Morgan fingerprint density at radius 1 is 0.306 bits per heavy atom. The smallest absolute Gasteiger partial charge is 0.357 e. The van der Waals surface area contributed by atoms with Gasteiger partial charge in [-0.05, 0) is 70.1 Å². The van der Waals surface area contributed by atoms with Gasteiger partial charge in [0.15, 0.2) is 0 Å². The first-order valence-corrected chi connectivity index (χ1v) is 16.7. The third-order valence-corrected chi connectivity index (χ3v) is 10.8. The summed E-state index contributed by atoms with van der Waals surface area (Å²) in [5, 5.41) is 4.73. The summed E-state index contributed by atoms with van der Waals surface area (Å²) in [5.74, 6) is 1.09. The van der Waals surface area contributed by atoms with Crippen LogP contribution >= 0.6 is 92.8 Å². The predicted molar refractivity (Wildman–Crippen MR) is 194 cm³/mol. The SMILES string of the molecule is Clc1cc2c(cc1Cl)-c1nc-2nc2[n-]c(nc3nc(nc4[n-]c(n1)c1cc(Cl)c(Cl)cc41)-c1cc(Cl)c(Cl)cc1-3)c1cc(Cl)c(Cl)cc21.[Cd+2]. The van der Waals surface area contributed by atoms with E-state index in [-0.39, 0.29) is 73.2 Å². The molecule has 0 spiro atoms. The zero-order valence-corrected chi connectivity index (χ0v) is 34.0. The van der Waals surface area contributed by atoms with Crippen LogP contribution in [0.15, 0.2) is 48.5 Å². The van der Waals surface area contributed by atoms with Gasteiger partial charge in [0.25, 0.3) is 0 Å². The zero-order valence-electron chi connectivity index (χ0n) is 23.9. The second-order valence-electron chi connectivity index (χ2n) is 10.7. The molecule has 0 atom stereocenters. The van der Waals surface area contributed by atoms with Gasteiger partial charge in [-0.15, -0.1) is 0 Å². The molecule has 49 heavy (non-hydrogen) atoms. The van der Waals surface area contributed by atoms with E-state index in [1.165, 1.54) is 0 Å². The maximum atomic E-state index is 6.47. The van der Waals surface area contributed by atoms with Crippen molar-refractivity contribution in [2.45, 2.75) is 0 Å². The summed E-state index contributed by atoms with van der Waals surface area (Å²) in [6, 6.07) is 13.4. The van der Waals surface area contributed by atoms with E-state index in [1.807, 2.05) is 0 Å². The minimum atomic E-state index is 0. The van der Waals surface area contributed by atoms with Gasteiger partial charge in [-0.1, -0.05) is 92.8 Å². The van der Waals surface area contributed by atoms with Crippen molar-refractivity contribution in [2.75, 3.05) is 0 Å². The molecule has 17 heteroatoms. The Balaban J connectivity index is 0.00000348. The van der Waals surface area contributed by atoms with Gasteiger partial charge >= 0.3 is 27.3 Å². The molecule has 7 aromatic rings. The largest absolute Gasteiger partial charge is 2.00 e. The first kappa shape index (κ1) is 33.6. The standard InChI is InChI=1S/C32H8Cl8N8.Cd/c33-17-1-9-10(2-18(17)34)26-41-25(9)45-27-11-3-19(35)20(36)4-12(11)29(42-27)47-31-15-7-23(39)24(40)8-16(15)32(44-31)48-30-14-6-22(38)21(37)5-13(14)28(43-30)46-26;/h1-8H;/q-2;+2. The van der Waals surface area contributed by atoms with E-state index in [4.69, 9.17) is 133 Å². The van der Waals surface area contributed by atoms with Gasteiger partial charge < -0.3 is 29.9 Å². The quantitative estimate of drug-likeness (QED) is 0.139. The van der Waals surface area contributed by atoms with Gasteiger partial charge in [-0.25, -0.2) is 9.97 Å². The van der Waals surface area contributed by atoms with Gasteiger partial charge in [-0.3, -0.25) is 0 Å². The van der Waals surface area contributed by atoms with Crippen molar-refractivity contribution < 1.29 is 27.3 Å². The van der Waals surface area contributed by atoms with Gasteiger partial charge in [-0.2, -0.15) is 0 Å². The average molecular weight is 901 g/mol. The molecule has 3 aromatic heterocycles. The maximum Gasteiger partial charge on any atom is 2.00 e. The van der Waals surface area contributed by atoms with Crippen molar-refractivity contribution in [2.24, 2.45) is 0 Å². The molecule has 8 nitrogen and oxygen atoms in total. The van der Waals surface area contributed by atoms with Crippen LogP contribution in [0.3, 0.4) is 0 Å². The van der Waals surface area contributed by atoms with Gasteiger partial charge in [0.1, 0.15) is 0 Å². The normalized spacial score (nSPS) is 11.9. The number of benzene rings is 4. The summed E-state index contributed by atoms with van der Waals surface area (Å²) in [7, 11) is 0. The number of fused-ring (bicyclic) bond motifs is 20. The maximum absolute atomic E-state index is 6.47. The molecular formula is C32H8CdCl8N8. The number of rotatable bonds is 0.